The summed E-state index contributed by atoms with van der Waals surface area (Å²) >= 11 is 3.34. The molecule has 1 aromatic heterocycles. The third-order valence-electron chi connectivity index (χ3n) is 3.11. The van der Waals surface area contributed by atoms with Gasteiger partial charge in [-0.15, -0.1) is 0 Å². The number of benzene rings is 1. The fraction of sp³-hybridized carbons (Fsp3) is 0.357. The summed E-state index contributed by atoms with van der Waals surface area (Å²) in [5, 5.41) is 7.53. The molecule has 20 heavy (non-hydrogen) atoms. The fourth-order valence-corrected chi connectivity index (χ4v) is 2.55. The molecule has 0 unspecified atom stereocenters. The van der Waals surface area contributed by atoms with Gasteiger partial charge in [-0.3, -0.25) is 0 Å². The summed E-state index contributed by atoms with van der Waals surface area (Å²) < 4.78 is 21.5. The number of nitrogens with zero attached hydrogens (tertiary/aromatic N) is 2. The molecule has 0 aliphatic rings. The minimum absolute atomic E-state index is 0.212. The summed E-state index contributed by atoms with van der Waals surface area (Å²) in [6, 6.07) is 4.92. The molecule has 1 heterocycles. The van der Waals surface area contributed by atoms with Crippen LogP contribution in [0.4, 0.5) is 4.39 Å². The normalized spacial score (nSPS) is 10.8. The third kappa shape index (κ3) is 3.19. The Bertz CT molecular complexity index is 613. The first-order valence-electron chi connectivity index (χ1n) is 6.24. The molecule has 2 aromatic rings. The monoisotopic (exact) mass is 341 g/mol. The largest absolute Gasteiger partial charge is 0.481 e. The molecule has 6 heteroatoms. The zero-order chi connectivity index (χ0) is 14.7. The van der Waals surface area contributed by atoms with Gasteiger partial charge < -0.3 is 10.1 Å². The van der Waals surface area contributed by atoms with E-state index < -0.39 is 0 Å². The van der Waals surface area contributed by atoms with Crippen LogP contribution in [-0.2, 0) is 20.1 Å². The number of hydrogen-bond donors (Lipinski definition) is 1. The van der Waals surface area contributed by atoms with E-state index in [0.717, 1.165) is 21.6 Å². The highest BCUT2D eigenvalue weighted by molar-refractivity contribution is 9.10. The summed E-state index contributed by atoms with van der Waals surface area (Å²) in [6.45, 7) is 2.96. The first-order valence-corrected chi connectivity index (χ1v) is 7.03. The number of aromatic nitrogens is 2. The standard InChI is InChI=1S/C14H17BrFN3O/c1-9-12(14(20-3)19(2)18-9)8-17-7-10-6-11(15)4-5-13(10)16/h4-6,17H,7-8H2,1-3H3. The minimum atomic E-state index is -0.212. The highest BCUT2D eigenvalue weighted by Crippen LogP contribution is 2.21. The van der Waals surface area contributed by atoms with Crippen LogP contribution in [0.2, 0.25) is 0 Å². The second kappa shape index (κ2) is 6.37. The van der Waals surface area contributed by atoms with Crippen molar-refractivity contribution in [2.45, 2.75) is 20.0 Å². The van der Waals surface area contributed by atoms with E-state index in [1.165, 1.54) is 6.07 Å². The van der Waals surface area contributed by atoms with Gasteiger partial charge in [0.2, 0.25) is 5.88 Å². The minimum Gasteiger partial charge on any atom is -0.481 e. The van der Waals surface area contributed by atoms with Crippen LogP contribution in [0.5, 0.6) is 5.88 Å². The molecule has 0 aliphatic heterocycles. The molecule has 1 N–H and O–H groups in total. The molecular weight excluding hydrogens is 325 g/mol. The van der Waals surface area contributed by atoms with Gasteiger partial charge in [0.05, 0.1) is 18.4 Å². The predicted octanol–water partition coefficient (Wildman–Crippen LogP) is 2.93. The van der Waals surface area contributed by atoms with Crippen LogP contribution in [0.25, 0.3) is 0 Å². The van der Waals surface area contributed by atoms with Crippen molar-refractivity contribution in [1.29, 1.82) is 0 Å². The zero-order valence-corrected chi connectivity index (χ0v) is 13.3. The molecule has 0 saturated carbocycles. The fourth-order valence-electron chi connectivity index (χ4n) is 2.14. The van der Waals surface area contributed by atoms with E-state index in [1.54, 1.807) is 23.9 Å². The lowest BCUT2D eigenvalue weighted by Crippen LogP contribution is -2.14. The maximum Gasteiger partial charge on any atom is 0.216 e. The third-order valence-corrected chi connectivity index (χ3v) is 3.60. The molecule has 0 atom stereocenters. The average Bonchev–Trinajstić information content (AvgIpc) is 2.68. The van der Waals surface area contributed by atoms with Gasteiger partial charge in [-0.05, 0) is 25.1 Å². The SMILES string of the molecule is COc1c(CNCc2cc(Br)ccc2F)c(C)nn1C. The Hall–Kier alpha value is -1.40. The number of rotatable bonds is 5. The molecule has 2 rings (SSSR count). The summed E-state index contributed by atoms with van der Waals surface area (Å²) in [5.41, 5.74) is 2.52. The van der Waals surface area contributed by atoms with Gasteiger partial charge in [0.1, 0.15) is 5.82 Å². The highest BCUT2D eigenvalue weighted by Gasteiger charge is 2.13. The van der Waals surface area contributed by atoms with Gasteiger partial charge >= 0.3 is 0 Å². The molecule has 0 spiro atoms. The Labute approximate surface area is 126 Å². The van der Waals surface area contributed by atoms with Crippen molar-refractivity contribution in [3.05, 3.63) is 45.3 Å². The number of ether oxygens (including phenoxy) is 1. The van der Waals surface area contributed by atoms with Crippen LogP contribution in [0.3, 0.4) is 0 Å². The van der Waals surface area contributed by atoms with Gasteiger partial charge in [0.25, 0.3) is 0 Å². The van der Waals surface area contributed by atoms with Crippen molar-refractivity contribution < 1.29 is 9.13 Å². The van der Waals surface area contributed by atoms with Crippen LogP contribution < -0.4 is 10.1 Å². The molecule has 0 saturated heterocycles. The Morgan fingerprint density at radius 3 is 2.85 bits per heavy atom. The number of methoxy groups -OCH3 is 1. The molecule has 0 bridgehead atoms. The topological polar surface area (TPSA) is 39.1 Å². The van der Waals surface area contributed by atoms with Gasteiger partial charge in [-0.2, -0.15) is 5.10 Å². The molecule has 1 aromatic carbocycles. The van der Waals surface area contributed by atoms with Crippen LogP contribution in [0.1, 0.15) is 16.8 Å². The van der Waals surface area contributed by atoms with Gasteiger partial charge in [0, 0.05) is 30.2 Å². The Morgan fingerprint density at radius 1 is 1.40 bits per heavy atom. The predicted molar refractivity (Wildman–Crippen MR) is 79.1 cm³/mol. The van der Waals surface area contributed by atoms with E-state index in [4.69, 9.17) is 4.74 Å². The first-order chi connectivity index (χ1) is 9.52. The first kappa shape index (κ1) is 15.0. The van der Waals surface area contributed by atoms with E-state index in [1.807, 2.05) is 14.0 Å². The lowest BCUT2D eigenvalue weighted by atomic mass is 10.2. The maximum atomic E-state index is 13.6. The molecule has 0 amide bonds. The highest BCUT2D eigenvalue weighted by atomic mass is 79.9. The summed E-state index contributed by atoms with van der Waals surface area (Å²) in [5.74, 6) is 0.514. The van der Waals surface area contributed by atoms with Crippen LogP contribution >= 0.6 is 15.9 Å². The van der Waals surface area contributed by atoms with Gasteiger partial charge in [-0.25, -0.2) is 9.07 Å². The van der Waals surface area contributed by atoms with Crippen LogP contribution in [-0.4, -0.2) is 16.9 Å². The zero-order valence-electron chi connectivity index (χ0n) is 11.7. The van der Waals surface area contributed by atoms with Crippen molar-refractivity contribution in [2.75, 3.05) is 7.11 Å². The summed E-state index contributed by atoms with van der Waals surface area (Å²) in [4.78, 5) is 0. The lowest BCUT2D eigenvalue weighted by Gasteiger charge is -2.08. The van der Waals surface area contributed by atoms with Crippen molar-refractivity contribution in [3.8, 4) is 5.88 Å². The van der Waals surface area contributed by atoms with E-state index in [-0.39, 0.29) is 5.82 Å². The van der Waals surface area contributed by atoms with E-state index >= 15 is 0 Å². The number of halogens is 2. The molecular formula is C14H17BrFN3O. The summed E-state index contributed by atoms with van der Waals surface area (Å²) in [6.07, 6.45) is 0. The lowest BCUT2D eigenvalue weighted by molar-refractivity contribution is 0.368. The quantitative estimate of drug-likeness (QED) is 0.908. The second-order valence-corrected chi connectivity index (χ2v) is 5.45. The van der Waals surface area contributed by atoms with Gasteiger partial charge in [0.15, 0.2) is 0 Å². The van der Waals surface area contributed by atoms with E-state index in [9.17, 15) is 4.39 Å². The van der Waals surface area contributed by atoms with Crippen molar-refractivity contribution in [2.24, 2.45) is 7.05 Å². The molecule has 4 nitrogen and oxygen atoms in total. The Balaban J connectivity index is 2.05. The number of nitrogens with one attached hydrogen (secondary N) is 1. The number of hydrogen-bond acceptors (Lipinski definition) is 3. The smallest absolute Gasteiger partial charge is 0.216 e. The summed E-state index contributed by atoms with van der Waals surface area (Å²) in [7, 11) is 3.46. The second-order valence-electron chi connectivity index (χ2n) is 4.54. The van der Waals surface area contributed by atoms with Crippen LogP contribution in [0, 0.1) is 12.7 Å². The molecule has 108 valence electrons. The van der Waals surface area contributed by atoms with E-state index in [2.05, 4.69) is 26.3 Å². The average molecular weight is 342 g/mol. The molecule has 0 fully saturated rings. The Kier molecular flexibility index (Phi) is 4.77. The van der Waals surface area contributed by atoms with Gasteiger partial charge in [-0.1, -0.05) is 15.9 Å². The maximum absolute atomic E-state index is 13.6. The molecule has 0 radical (unpaired) electrons. The van der Waals surface area contributed by atoms with Crippen molar-refractivity contribution >= 4 is 15.9 Å². The molecule has 0 aliphatic carbocycles. The Morgan fingerprint density at radius 2 is 2.15 bits per heavy atom. The number of aryl methyl sites for hydroxylation is 2. The van der Waals surface area contributed by atoms with Crippen molar-refractivity contribution in [1.82, 2.24) is 15.1 Å². The van der Waals surface area contributed by atoms with Crippen molar-refractivity contribution in [3.63, 3.8) is 0 Å². The van der Waals surface area contributed by atoms with E-state index in [0.29, 0.717) is 18.7 Å². The van der Waals surface area contributed by atoms with Crippen LogP contribution in [0.15, 0.2) is 22.7 Å².